The number of rotatable bonds is 6. The van der Waals surface area contributed by atoms with Crippen molar-refractivity contribution in [1.29, 1.82) is 0 Å². The van der Waals surface area contributed by atoms with Crippen LogP contribution < -0.4 is 16.4 Å². The van der Waals surface area contributed by atoms with Crippen molar-refractivity contribution >= 4 is 23.3 Å². The first-order valence-electron chi connectivity index (χ1n) is 9.60. The summed E-state index contributed by atoms with van der Waals surface area (Å²) < 4.78 is 5.36. The van der Waals surface area contributed by atoms with Gasteiger partial charge in [-0.15, -0.1) is 0 Å². The fourth-order valence-corrected chi connectivity index (χ4v) is 3.55. The zero-order chi connectivity index (χ0) is 20.0. The second-order valence-corrected chi connectivity index (χ2v) is 7.21. The molecule has 0 bridgehead atoms. The lowest BCUT2D eigenvalue weighted by atomic mass is 9.89. The molecular weight excluding hydrogens is 360 g/mol. The van der Waals surface area contributed by atoms with Crippen LogP contribution in [0.15, 0.2) is 22.9 Å². The Hall–Kier alpha value is -2.97. The zero-order valence-electron chi connectivity index (χ0n) is 16.0. The van der Waals surface area contributed by atoms with Gasteiger partial charge in [-0.1, -0.05) is 30.8 Å². The third-order valence-electron chi connectivity index (χ3n) is 4.90. The van der Waals surface area contributed by atoms with E-state index in [9.17, 15) is 9.59 Å². The molecule has 4 N–H and O–H groups in total. The number of anilines is 2. The number of aromatic nitrogens is 3. The monoisotopic (exact) mass is 386 g/mol. The fourth-order valence-electron chi connectivity index (χ4n) is 3.55. The van der Waals surface area contributed by atoms with Crippen molar-refractivity contribution in [3.63, 3.8) is 0 Å². The Kier molecular flexibility index (Phi) is 6.23. The van der Waals surface area contributed by atoms with Crippen LogP contribution in [-0.2, 0) is 21.5 Å². The first-order chi connectivity index (χ1) is 13.5. The number of nitrogen functional groups attached to an aromatic ring is 1. The van der Waals surface area contributed by atoms with Crippen molar-refractivity contribution in [1.82, 2.24) is 20.4 Å². The summed E-state index contributed by atoms with van der Waals surface area (Å²) in [6.45, 7) is 1.50. The van der Waals surface area contributed by atoms with Crippen molar-refractivity contribution in [3.05, 3.63) is 30.0 Å². The fraction of sp³-hybridized carbons (Fsp3) is 0.526. The lowest BCUT2D eigenvalue weighted by Gasteiger charge is -2.30. The molecule has 0 unspecified atom stereocenters. The molecule has 1 fully saturated rings. The molecule has 0 spiro atoms. The zero-order valence-corrected chi connectivity index (χ0v) is 16.0. The molecule has 28 heavy (non-hydrogen) atoms. The Bertz CT molecular complexity index is 809. The number of carbonyl (C=O) groups excluding carboxylic acids is 2. The SMILES string of the molecule is CC(=O)NC1(c2noc(CCC(=O)Nc3ccc(N)nc3)n2)CCCCCC1. The van der Waals surface area contributed by atoms with E-state index < -0.39 is 5.54 Å². The van der Waals surface area contributed by atoms with Gasteiger partial charge < -0.3 is 20.9 Å². The highest BCUT2D eigenvalue weighted by atomic mass is 16.5. The van der Waals surface area contributed by atoms with E-state index in [1.54, 1.807) is 12.1 Å². The second-order valence-electron chi connectivity index (χ2n) is 7.21. The van der Waals surface area contributed by atoms with Gasteiger partial charge in [-0.05, 0) is 25.0 Å². The van der Waals surface area contributed by atoms with Crippen LogP contribution in [0.4, 0.5) is 11.5 Å². The van der Waals surface area contributed by atoms with Gasteiger partial charge >= 0.3 is 0 Å². The number of hydrogen-bond acceptors (Lipinski definition) is 7. The number of aryl methyl sites for hydroxylation is 1. The summed E-state index contributed by atoms with van der Waals surface area (Å²) in [6, 6.07) is 3.31. The minimum Gasteiger partial charge on any atom is -0.384 e. The molecule has 1 saturated carbocycles. The topological polar surface area (TPSA) is 136 Å². The van der Waals surface area contributed by atoms with E-state index in [1.807, 2.05) is 0 Å². The minimum atomic E-state index is -0.581. The molecule has 0 aromatic carbocycles. The van der Waals surface area contributed by atoms with Gasteiger partial charge in [0, 0.05) is 19.8 Å². The number of amides is 2. The molecule has 0 saturated heterocycles. The Labute approximate surface area is 163 Å². The molecule has 2 aromatic heterocycles. The van der Waals surface area contributed by atoms with Gasteiger partial charge in [0.2, 0.25) is 17.7 Å². The van der Waals surface area contributed by atoms with E-state index in [2.05, 4.69) is 25.8 Å². The van der Waals surface area contributed by atoms with E-state index in [1.165, 1.54) is 13.1 Å². The minimum absolute atomic E-state index is 0.107. The summed E-state index contributed by atoms with van der Waals surface area (Å²) in [5.41, 5.74) is 5.52. The second kappa shape index (κ2) is 8.81. The first-order valence-corrected chi connectivity index (χ1v) is 9.60. The largest absolute Gasteiger partial charge is 0.384 e. The quantitative estimate of drug-likeness (QED) is 0.648. The third-order valence-corrected chi connectivity index (χ3v) is 4.90. The van der Waals surface area contributed by atoms with Crippen molar-refractivity contribution in [3.8, 4) is 0 Å². The highest BCUT2D eigenvalue weighted by molar-refractivity contribution is 5.90. The van der Waals surface area contributed by atoms with Crippen molar-refractivity contribution in [2.75, 3.05) is 11.1 Å². The van der Waals surface area contributed by atoms with Gasteiger partial charge in [-0.3, -0.25) is 9.59 Å². The van der Waals surface area contributed by atoms with Crippen molar-refractivity contribution in [2.24, 2.45) is 0 Å². The Balaban J connectivity index is 1.62. The molecule has 1 aliphatic rings. The Morgan fingerprint density at radius 1 is 1.21 bits per heavy atom. The van der Waals surface area contributed by atoms with E-state index >= 15 is 0 Å². The lowest BCUT2D eigenvalue weighted by Crippen LogP contribution is -2.45. The maximum absolute atomic E-state index is 12.1. The summed E-state index contributed by atoms with van der Waals surface area (Å²) >= 11 is 0. The molecule has 0 atom stereocenters. The first kappa shape index (κ1) is 19.8. The lowest BCUT2D eigenvalue weighted by molar-refractivity contribution is -0.121. The number of pyridine rings is 1. The normalized spacial score (nSPS) is 16.2. The van der Waals surface area contributed by atoms with E-state index in [0.717, 1.165) is 38.5 Å². The standard InChI is InChI=1S/C19H26N6O3/c1-13(26)24-19(10-4-2-3-5-11-19)18-23-17(28-25-18)9-8-16(27)22-14-6-7-15(20)21-12-14/h6-7,12H,2-5,8-11H2,1H3,(H2,20,21)(H,22,27)(H,24,26). The number of carbonyl (C=O) groups is 2. The molecule has 1 aliphatic carbocycles. The average Bonchev–Trinajstić information content (AvgIpc) is 3.02. The maximum Gasteiger partial charge on any atom is 0.227 e. The summed E-state index contributed by atoms with van der Waals surface area (Å²) in [5.74, 6) is 0.988. The summed E-state index contributed by atoms with van der Waals surface area (Å²) in [4.78, 5) is 32.3. The number of nitrogens with one attached hydrogen (secondary N) is 2. The number of hydrogen-bond donors (Lipinski definition) is 3. The van der Waals surface area contributed by atoms with E-state index in [-0.39, 0.29) is 18.2 Å². The Morgan fingerprint density at radius 3 is 2.61 bits per heavy atom. The maximum atomic E-state index is 12.1. The highest BCUT2D eigenvalue weighted by Crippen LogP contribution is 2.34. The van der Waals surface area contributed by atoms with Crippen LogP contribution in [0.25, 0.3) is 0 Å². The predicted molar refractivity (Wildman–Crippen MR) is 103 cm³/mol. The van der Waals surface area contributed by atoms with Crippen molar-refractivity contribution < 1.29 is 14.1 Å². The summed E-state index contributed by atoms with van der Waals surface area (Å²) in [5, 5.41) is 9.92. The molecule has 0 aliphatic heterocycles. The van der Waals surface area contributed by atoms with E-state index in [0.29, 0.717) is 29.6 Å². The van der Waals surface area contributed by atoms with Gasteiger partial charge in [-0.2, -0.15) is 4.98 Å². The number of nitrogens with zero attached hydrogens (tertiary/aromatic N) is 3. The van der Waals surface area contributed by atoms with Crippen LogP contribution in [0.3, 0.4) is 0 Å². The van der Waals surface area contributed by atoms with Crippen LogP contribution in [0.5, 0.6) is 0 Å². The molecule has 0 radical (unpaired) electrons. The smallest absolute Gasteiger partial charge is 0.227 e. The number of nitrogens with two attached hydrogens (primary N) is 1. The van der Waals surface area contributed by atoms with Gasteiger partial charge in [-0.25, -0.2) is 4.98 Å². The van der Waals surface area contributed by atoms with Gasteiger partial charge in [0.05, 0.1) is 11.9 Å². The predicted octanol–water partition coefficient (Wildman–Crippen LogP) is 2.30. The Morgan fingerprint density at radius 2 is 1.96 bits per heavy atom. The molecule has 150 valence electrons. The van der Waals surface area contributed by atoms with Crippen molar-refractivity contribution in [2.45, 2.75) is 63.8 Å². The molecule has 9 nitrogen and oxygen atoms in total. The third kappa shape index (κ3) is 5.05. The van der Waals surface area contributed by atoms with Gasteiger partial charge in [0.25, 0.3) is 0 Å². The molecular formula is C19H26N6O3. The molecule has 9 heteroatoms. The van der Waals surface area contributed by atoms with Crippen LogP contribution >= 0.6 is 0 Å². The molecule has 3 rings (SSSR count). The summed E-state index contributed by atoms with van der Waals surface area (Å²) in [6.07, 6.45) is 7.85. The summed E-state index contributed by atoms with van der Waals surface area (Å²) in [7, 11) is 0. The molecule has 2 heterocycles. The average molecular weight is 386 g/mol. The van der Waals surface area contributed by atoms with Gasteiger partial charge in [0.15, 0.2) is 5.82 Å². The van der Waals surface area contributed by atoms with Gasteiger partial charge in [0.1, 0.15) is 11.4 Å². The van der Waals surface area contributed by atoms with Crippen LogP contribution in [0, 0.1) is 0 Å². The van der Waals surface area contributed by atoms with Crippen LogP contribution in [0.1, 0.15) is 63.6 Å². The van der Waals surface area contributed by atoms with E-state index in [4.69, 9.17) is 10.3 Å². The highest BCUT2D eigenvalue weighted by Gasteiger charge is 2.38. The molecule has 2 aromatic rings. The van der Waals surface area contributed by atoms with Crippen LogP contribution in [0.2, 0.25) is 0 Å². The van der Waals surface area contributed by atoms with Crippen LogP contribution in [-0.4, -0.2) is 26.9 Å². The molecule has 2 amide bonds.